The molecule has 0 saturated heterocycles. The lowest BCUT2D eigenvalue weighted by atomic mass is 10.1. The number of nitrogens with zero attached hydrogens (tertiary/aromatic N) is 2. The van der Waals surface area contributed by atoms with Gasteiger partial charge in [0.2, 0.25) is 0 Å². The van der Waals surface area contributed by atoms with E-state index in [9.17, 15) is 4.79 Å². The molecule has 1 aromatic carbocycles. The quantitative estimate of drug-likeness (QED) is 0.773. The topological polar surface area (TPSA) is 67.6 Å². The number of furan rings is 1. The van der Waals surface area contributed by atoms with Crippen LogP contribution in [-0.4, -0.2) is 32.1 Å². The minimum absolute atomic E-state index is 0.257. The summed E-state index contributed by atoms with van der Waals surface area (Å²) in [5, 5.41) is 3.75. The number of pyridine rings is 1. The molecular formula is C19H21N3O3. The minimum Gasteiger partial charge on any atom is -0.493 e. The standard InChI is InChI=1S/C19H21N3O3/c1-12-14-6-5-7-15(24-4)18(14)25-17(12)19(23)21-11-13-8-9-16(20-10-13)22(2)3/h5-10H,11H2,1-4H3,(H,21,23). The van der Waals surface area contributed by atoms with Crippen molar-refractivity contribution in [1.82, 2.24) is 10.3 Å². The van der Waals surface area contributed by atoms with Crippen LogP contribution in [0.3, 0.4) is 0 Å². The number of rotatable bonds is 5. The maximum atomic E-state index is 12.5. The number of fused-ring (bicyclic) bond motifs is 1. The van der Waals surface area contributed by atoms with E-state index in [-0.39, 0.29) is 5.91 Å². The number of benzene rings is 1. The molecule has 1 N–H and O–H groups in total. The Morgan fingerprint density at radius 3 is 2.72 bits per heavy atom. The summed E-state index contributed by atoms with van der Waals surface area (Å²) in [7, 11) is 5.45. The van der Waals surface area contributed by atoms with Crippen LogP contribution in [0.4, 0.5) is 5.82 Å². The van der Waals surface area contributed by atoms with E-state index in [1.54, 1.807) is 13.3 Å². The molecule has 130 valence electrons. The van der Waals surface area contributed by atoms with Crippen LogP contribution in [0, 0.1) is 6.92 Å². The lowest BCUT2D eigenvalue weighted by Gasteiger charge is -2.11. The number of carbonyl (C=O) groups is 1. The third-order valence-corrected chi connectivity index (χ3v) is 4.07. The third-order valence-electron chi connectivity index (χ3n) is 4.07. The number of hydrogen-bond acceptors (Lipinski definition) is 5. The average Bonchev–Trinajstić information content (AvgIpc) is 2.97. The van der Waals surface area contributed by atoms with E-state index in [2.05, 4.69) is 10.3 Å². The van der Waals surface area contributed by atoms with E-state index in [1.807, 2.05) is 56.3 Å². The van der Waals surface area contributed by atoms with Crippen molar-refractivity contribution in [1.29, 1.82) is 0 Å². The van der Waals surface area contributed by atoms with Gasteiger partial charge in [-0.1, -0.05) is 18.2 Å². The van der Waals surface area contributed by atoms with Crippen molar-refractivity contribution in [2.45, 2.75) is 13.5 Å². The fraction of sp³-hybridized carbons (Fsp3) is 0.263. The highest BCUT2D eigenvalue weighted by atomic mass is 16.5. The lowest BCUT2D eigenvalue weighted by molar-refractivity contribution is 0.0924. The number of hydrogen-bond donors (Lipinski definition) is 1. The number of para-hydroxylation sites is 1. The third kappa shape index (κ3) is 3.28. The molecule has 0 unspecified atom stereocenters. The van der Waals surface area contributed by atoms with Crippen molar-refractivity contribution in [3.63, 3.8) is 0 Å². The van der Waals surface area contributed by atoms with Crippen LogP contribution in [-0.2, 0) is 6.54 Å². The Hall–Kier alpha value is -3.02. The average molecular weight is 339 g/mol. The number of anilines is 1. The van der Waals surface area contributed by atoms with Crippen molar-refractivity contribution < 1.29 is 13.9 Å². The number of carbonyl (C=O) groups excluding carboxylic acids is 1. The summed E-state index contributed by atoms with van der Waals surface area (Å²) in [5.74, 6) is 1.53. The van der Waals surface area contributed by atoms with E-state index in [0.29, 0.717) is 23.6 Å². The van der Waals surface area contributed by atoms with Gasteiger partial charge in [0.05, 0.1) is 7.11 Å². The zero-order valence-electron chi connectivity index (χ0n) is 14.8. The highest BCUT2D eigenvalue weighted by molar-refractivity contribution is 6.00. The summed E-state index contributed by atoms with van der Waals surface area (Å²) in [6, 6.07) is 9.46. The van der Waals surface area contributed by atoms with Crippen LogP contribution >= 0.6 is 0 Å². The van der Waals surface area contributed by atoms with Gasteiger partial charge in [0.1, 0.15) is 5.82 Å². The van der Waals surface area contributed by atoms with Crippen LogP contribution in [0.1, 0.15) is 21.7 Å². The first-order valence-corrected chi connectivity index (χ1v) is 7.98. The second kappa shape index (κ2) is 6.84. The summed E-state index contributed by atoms with van der Waals surface area (Å²) < 4.78 is 11.1. The number of methoxy groups -OCH3 is 1. The Kier molecular flexibility index (Phi) is 4.61. The second-order valence-electron chi connectivity index (χ2n) is 5.99. The molecule has 3 aromatic rings. The van der Waals surface area contributed by atoms with Gasteiger partial charge in [0.25, 0.3) is 5.91 Å². The molecule has 2 heterocycles. The summed E-state index contributed by atoms with van der Waals surface area (Å²) in [6.45, 7) is 2.25. The van der Waals surface area contributed by atoms with Gasteiger partial charge in [-0.3, -0.25) is 4.79 Å². The Morgan fingerprint density at radius 2 is 2.08 bits per heavy atom. The molecule has 0 aliphatic heterocycles. The molecule has 6 heteroatoms. The zero-order chi connectivity index (χ0) is 18.0. The molecule has 0 fully saturated rings. The van der Waals surface area contributed by atoms with E-state index in [4.69, 9.17) is 9.15 Å². The molecule has 3 rings (SSSR count). The van der Waals surface area contributed by atoms with Gasteiger partial charge < -0.3 is 19.4 Å². The largest absolute Gasteiger partial charge is 0.493 e. The van der Waals surface area contributed by atoms with Crippen LogP contribution < -0.4 is 15.0 Å². The second-order valence-corrected chi connectivity index (χ2v) is 5.99. The molecule has 0 radical (unpaired) electrons. The van der Waals surface area contributed by atoms with Crippen LogP contribution in [0.15, 0.2) is 40.9 Å². The van der Waals surface area contributed by atoms with Crippen LogP contribution in [0.25, 0.3) is 11.0 Å². The summed E-state index contributed by atoms with van der Waals surface area (Å²) in [5.41, 5.74) is 2.31. The normalized spacial score (nSPS) is 10.7. The van der Waals surface area contributed by atoms with Gasteiger partial charge in [-0.25, -0.2) is 4.98 Å². The summed E-state index contributed by atoms with van der Waals surface area (Å²) in [6.07, 6.45) is 1.75. The Bertz CT molecular complexity index is 898. The summed E-state index contributed by atoms with van der Waals surface area (Å²) in [4.78, 5) is 18.8. The Labute approximate surface area is 146 Å². The number of ether oxygens (including phenoxy) is 1. The van der Waals surface area contributed by atoms with E-state index < -0.39 is 0 Å². The first-order chi connectivity index (χ1) is 12.0. The highest BCUT2D eigenvalue weighted by Gasteiger charge is 2.19. The van der Waals surface area contributed by atoms with Crippen molar-refractivity contribution in [3.8, 4) is 5.75 Å². The number of amides is 1. The lowest BCUT2D eigenvalue weighted by Crippen LogP contribution is -2.23. The number of aryl methyl sites for hydroxylation is 1. The fourth-order valence-corrected chi connectivity index (χ4v) is 2.64. The predicted octanol–water partition coefficient (Wildman–Crippen LogP) is 3.14. The Morgan fingerprint density at radius 1 is 1.28 bits per heavy atom. The minimum atomic E-state index is -0.257. The van der Waals surface area contributed by atoms with Gasteiger partial charge >= 0.3 is 0 Å². The first kappa shape index (κ1) is 16.8. The molecule has 0 bridgehead atoms. The van der Waals surface area contributed by atoms with Gasteiger partial charge in [-0.2, -0.15) is 0 Å². The van der Waals surface area contributed by atoms with E-state index in [1.165, 1.54) is 0 Å². The van der Waals surface area contributed by atoms with Crippen LogP contribution in [0.2, 0.25) is 0 Å². The smallest absolute Gasteiger partial charge is 0.287 e. The molecule has 2 aromatic heterocycles. The molecule has 1 amide bonds. The molecule has 25 heavy (non-hydrogen) atoms. The molecular weight excluding hydrogens is 318 g/mol. The molecule has 0 aliphatic rings. The monoisotopic (exact) mass is 339 g/mol. The molecule has 0 saturated carbocycles. The van der Waals surface area contributed by atoms with Crippen molar-refractivity contribution in [3.05, 3.63) is 53.4 Å². The van der Waals surface area contributed by atoms with Gasteiger partial charge in [-0.05, 0) is 24.6 Å². The van der Waals surface area contributed by atoms with Crippen molar-refractivity contribution in [2.75, 3.05) is 26.1 Å². The molecule has 0 atom stereocenters. The molecule has 0 spiro atoms. The highest BCUT2D eigenvalue weighted by Crippen LogP contribution is 2.32. The Balaban J connectivity index is 1.77. The maximum Gasteiger partial charge on any atom is 0.287 e. The SMILES string of the molecule is COc1cccc2c(C)c(C(=O)NCc3ccc(N(C)C)nc3)oc12. The van der Waals surface area contributed by atoms with Crippen molar-refractivity contribution in [2.24, 2.45) is 0 Å². The van der Waals surface area contributed by atoms with Gasteiger partial charge in [-0.15, -0.1) is 0 Å². The predicted molar refractivity (Wildman–Crippen MR) is 97.2 cm³/mol. The van der Waals surface area contributed by atoms with E-state index >= 15 is 0 Å². The van der Waals surface area contributed by atoms with Crippen molar-refractivity contribution >= 4 is 22.7 Å². The maximum absolute atomic E-state index is 12.5. The van der Waals surface area contributed by atoms with E-state index in [0.717, 1.165) is 22.3 Å². The van der Waals surface area contributed by atoms with Gasteiger partial charge in [0, 0.05) is 37.8 Å². The fourth-order valence-electron chi connectivity index (χ4n) is 2.64. The first-order valence-electron chi connectivity index (χ1n) is 7.98. The molecule has 0 aliphatic carbocycles. The molecule has 6 nitrogen and oxygen atoms in total. The summed E-state index contributed by atoms with van der Waals surface area (Å²) >= 11 is 0. The number of nitrogens with one attached hydrogen (secondary N) is 1. The number of aromatic nitrogens is 1. The van der Waals surface area contributed by atoms with Gasteiger partial charge in [0.15, 0.2) is 17.1 Å². The van der Waals surface area contributed by atoms with Crippen LogP contribution in [0.5, 0.6) is 5.75 Å². The zero-order valence-corrected chi connectivity index (χ0v) is 14.8.